The molecule has 0 aliphatic rings. The molecule has 0 fully saturated rings. The number of rotatable bonds is 5. The molecule has 1 aromatic rings. The third-order valence-corrected chi connectivity index (χ3v) is 3.04. The summed E-state index contributed by atoms with van der Waals surface area (Å²) in [6, 6.07) is 4.10. The zero-order valence-corrected chi connectivity index (χ0v) is 10.6. The summed E-state index contributed by atoms with van der Waals surface area (Å²) in [6.07, 6.45) is 2.57. The summed E-state index contributed by atoms with van der Waals surface area (Å²) in [5.41, 5.74) is 3.80. The van der Waals surface area contributed by atoms with Crippen LogP contribution >= 0.6 is 0 Å². The van der Waals surface area contributed by atoms with Gasteiger partial charge in [0.05, 0.1) is 7.11 Å². The Bertz CT molecular complexity index is 381. The molecule has 0 spiro atoms. The van der Waals surface area contributed by atoms with Crippen molar-refractivity contribution >= 4 is 5.78 Å². The van der Waals surface area contributed by atoms with Crippen LogP contribution in [0.15, 0.2) is 12.1 Å². The van der Waals surface area contributed by atoms with E-state index in [1.807, 2.05) is 6.07 Å². The molecule has 0 radical (unpaired) electrons. The molecule has 0 atom stereocenters. The van der Waals surface area contributed by atoms with Gasteiger partial charge >= 0.3 is 0 Å². The largest absolute Gasteiger partial charge is 0.496 e. The third kappa shape index (κ3) is 3.09. The normalized spacial score (nSPS) is 10.2. The van der Waals surface area contributed by atoms with Crippen molar-refractivity contribution < 1.29 is 9.53 Å². The Morgan fingerprint density at radius 3 is 2.50 bits per heavy atom. The lowest BCUT2D eigenvalue weighted by molar-refractivity contribution is -0.117. The fraction of sp³-hybridized carbons (Fsp3) is 0.500. The first-order valence-corrected chi connectivity index (χ1v) is 5.68. The molecule has 0 aliphatic carbocycles. The van der Waals surface area contributed by atoms with E-state index < -0.39 is 0 Å². The van der Waals surface area contributed by atoms with Gasteiger partial charge in [-0.15, -0.1) is 0 Å². The van der Waals surface area contributed by atoms with Crippen molar-refractivity contribution in [1.82, 2.24) is 0 Å². The van der Waals surface area contributed by atoms with Crippen molar-refractivity contribution in [3.63, 3.8) is 0 Å². The third-order valence-electron chi connectivity index (χ3n) is 3.04. The number of Topliss-reactive ketones (excluding diaryl/α,β-unsaturated/α-hetero) is 1. The van der Waals surface area contributed by atoms with Crippen molar-refractivity contribution in [1.29, 1.82) is 0 Å². The fourth-order valence-corrected chi connectivity index (χ4v) is 1.87. The van der Waals surface area contributed by atoms with E-state index in [1.165, 1.54) is 16.7 Å². The number of ether oxygens (including phenoxy) is 1. The summed E-state index contributed by atoms with van der Waals surface area (Å²) in [6.45, 7) is 5.83. The van der Waals surface area contributed by atoms with Crippen LogP contribution in [0.25, 0.3) is 0 Å². The average molecular weight is 220 g/mol. The number of hydrogen-bond acceptors (Lipinski definition) is 2. The van der Waals surface area contributed by atoms with Crippen molar-refractivity contribution in [2.24, 2.45) is 0 Å². The first-order chi connectivity index (χ1) is 7.56. The van der Waals surface area contributed by atoms with Crippen LogP contribution in [0.2, 0.25) is 0 Å². The zero-order chi connectivity index (χ0) is 12.1. The van der Waals surface area contributed by atoms with Crippen molar-refractivity contribution in [3.8, 4) is 5.75 Å². The van der Waals surface area contributed by atoms with E-state index in [4.69, 9.17) is 4.74 Å². The topological polar surface area (TPSA) is 26.3 Å². The number of carbonyl (C=O) groups is 1. The summed E-state index contributed by atoms with van der Waals surface area (Å²) in [5, 5.41) is 0. The molecular formula is C14H20O2. The Balaban J connectivity index is 2.74. The van der Waals surface area contributed by atoms with Gasteiger partial charge in [0, 0.05) is 6.42 Å². The van der Waals surface area contributed by atoms with Gasteiger partial charge in [-0.1, -0.05) is 6.07 Å². The SMILES string of the molecule is COc1ccc(CCCC(C)=O)c(C)c1C. The molecule has 0 N–H and O–H groups in total. The second-order valence-corrected chi connectivity index (χ2v) is 4.23. The molecule has 2 heteroatoms. The van der Waals surface area contributed by atoms with Gasteiger partial charge in [-0.25, -0.2) is 0 Å². The van der Waals surface area contributed by atoms with E-state index in [0.717, 1.165) is 18.6 Å². The molecule has 0 aliphatic heterocycles. The van der Waals surface area contributed by atoms with Crippen molar-refractivity contribution in [2.75, 3.05) is 7.11 Å². The zero-order valence-electron chi connectivity index (χ0n) is 10.6. The number of hydrogen-bond donors (Lipinski definition) is 0. The second-order valence-electron chi connectivity index (χ2n) is 4.23. The number of ketones is 1. The van der Waals surface area contributed by atoms with E-state index in [1.54, 1.807) is 14.0 Å². The molecule has 2 nitrogen and oxygen atoms in total. The lowest BCUT2D eigenvalue weighted by atomic mass is 9.98. The van der Waals surface area contributed by atoms with Crippen LogP contribution in [-0.4, -0.2) is 12.9 Å². The highest BCUT2D eigenvalue weighted by Gasteiger charge is 2.06. The molecule has 0 amide bonds. The van der Waals surface area contributed by atoms with Crippen LogP contribution < -0.4 is 4.74 Å². The first-order valence-electron chi connectivity index (χ1n) is 5.68. The van der Waals surface area contributed by atoms with Gasteiger partial charge in [0.25, 0.3) is 0 Å². The second kappa shape index (κ2) is 5.69. The minimum Gasteiger partial charge on any atom is -0.496 e. The Hall–Kier alpha value is -1.31. The molecule has 0 bridgehead atoms. The average Bonchev–Trinajstić information content (AvgIpc) is 2.24. The minimum atomic E-state index is 0.267. The smallest absolute Gasteiger partial charge is 0.129 e. The van der Waals surface area contributed by atoms with E-state index in [0.29, 0.717) is 6.42 Å². The van der Waals surface area contributed by atoms with Crippen molar-refractivity contribution in [2.45, 2.75) is 40.0 Å². The Morgan fingerprint density at radius 2 is 1.94 bits per heavy atom. The Kier molecular flexibility index (Phi) is 4.53. The first kappa shape index (κ1) is 12.8. The molecule has 0 saturated heterocycles. The van der Waals surface area contributed by atoms with Gasteiger partial charge in [0.1, 0.15) is 11.5 Å². The summed E-state index contributed by atoms with van der Waals surface area (Å²) in [4.78, 5) is 10.9. The van der Waals surface area contributed by atoms with Crippen LogP contribution in [0.1, 0.15) is 36.5 Å². The molecule has 0 unspecified atom stereocenters. The van der Waals surface area contributed by atoms with Gasteiger partial charge in [0.15, 0.2) is 0 Å². The monoisotopic (exact) mass is 220 g/mol. The summed E-state index contributed by atoms with van der Waals surface area (Å²) in [5.74, 6) is 1.20. The molecule has 0 aromatic heterocycles. The van der Waals surface area contributed by atoms with Crippen LogP contribution in [0.4, 0.5) is 0 Å². The van der Waals surface area contributed by atoms with Gasteiger partial charge in [-0.2, -0.15) is 0 Å². The highest BCUT2D eigenvalue weighted by atomic mass is 16.5. The highest BCUT2D eigenvalue weighted by Crippen LogP contribution is 2.24. The van der Waals surface area contributed by atoms with Gasteiger partial charge < -0.3 is 9.53 Å². The molecule has 88 valence electrons. The highest BCUT2D eigenvalue weighted by molar-refractivity contribution is 5.75. The maximum Gasteiger partial charge on any atom is 0.129 e. The molecule has 0 saturated carbocycles. The van der Waals surface area contributed by atoms with Crippen molar-refractivity contribution in [3.05, 3.63) is 28.8 Å². The Morgan fingerprint density at radius 1 is 1.25 bits per heavy atom. The quantitative estimate of drug-likeness (QED) is 0.761. The summed E-state index contributed by atoms with van der Waals surface area (Å²) >= 11 is 0. The number of carbonyl (C=O) groups excluding carboxylic acids is 1. The van der Waals surface area contributed by atoms with E-state index in [9.17, 15) is 4.79 Å². The van der Waals surface area contributed by atoms with E-state index in [-0.39, 0.29) is 5.78 Å². The molecular weight excluding hydrogens is 200 g/mol. The molecule has 1 aromatic carbocycles. The van der Waals surface area contributed by atoms with Gasteiger partial charge in [-0.3, -0.25) is 0 Å². The van der Waals surface area contributed by atoms with Crippen LogP contribution in [0.5, 0.6) is 5.75 Å². The van der Waals surface area contributed by atoms with E-state index in [2.05, 4.69) is 19.9 Å². The van der Waals surface area contributed by atoms with Gasteiger partial charge in [0.2, 0.25) is 0 Å². The van der Waals surface area contributed by atoms with E-state index >= 15 is 0 Å². The standard InChI is InChI=1S/C14H20O2/c1-10(15)6-5-7-13-8-9-14(16-4)12(3)11(13)2/h8-9H,5-7H2,1-4H3. The number of methoxy groups -OCH3 is 1. The number of benzene rings is 1. The summed E-state index contributed by atoms with van der Waals surface area (Å²) < 4.78 is 5.27. The molecule has 1 rings (SSSR count). The predicted molar refractivity (Wildman–Crippen MR) is 66.1 cm³/mol. The lowest BCUT2D eigenvalue weighted by Crippen LogP contribution is -1.98. The maximum absolute atomic E-state index is 10.9. The number of aryl methyl sites for hydroxylation is 1. The van der Waals surface area contributed by atoms with Crippen LogP contribution in [0.3, 0.4) is 0 Å². The predicted octanol–water partition coefficient (Wildman–Crippen LogP) is 3.22. The fourth-order valence-electron chi connectivity index (χ4n) is 1.87. The summed E-state index contributed by atoms with van der Waals surface area (Å²) in [7, 11) is 1.69. The van der Waals surface area contributed by atoms with Crippen LogP contribution in [-0.2, 0) is 11.2 Å². The minimum absolute atomic E-state index is 0.267. The maximum atomic E-state index is 10.9. The van der Waals surface area contributed by atoms with Crippen LogP contribution in [0, 0.1) is 13.8 Å². The Labute approximate surface area is 97.6 Å². The molecule has 16 heavy (non-hydrogen) atoms. The lowest BCUT2D eigenvalue weighted by Gasteiger charge is -2.12. The molecule has 0 heterocycles. The van der Waals surface area contributed by atoms with Gasteiger partial charge in [-0.05, 0) is 56.4 Å².